The molecule has 0 atom stereocenters. The minimum atomic E-state index is -0.00918. The second kappa shape index (κ2) is 3.82. The monoisotopic (exact) mass is 197 g/mol. The van der Waals surface area contributed by atoms with Crippen molar-refractivity contribution in [3.8, 4) is 0 Å². The van der Waals surface area contributed by atoms with Gasteiger partial charge in [-0.1, -0.05) is 13.8 Å². The van der Waals surface area contributed by atoms with Gasteiger partial charge in [-0.3, -0.25) is 4.90 Å². The average Bonchev–Trinajstić information content (AvgIpc) is 2.15. The van der Waals surface area contributed by atoms with Crippen molar-refractivity contribution in [1.29, 1.82) is 0 Å². The van der Waals surface area contributed by atoms with Crippen LogP contribution < -0.4 is 0 Å². The van der Waals surface area contributed by atoms with Gasteiger partial charge < -0.3 is 5.11 Å². The van der Waals surface area contributed by atoms with E-state index >= 15 is 0 Å². The predicted octanol–water partition coefficient (Wildman–Crippen LogP) is 2.02. The molecule has 1 heterocycles. The minimum absolute atomic E-state index is 0.00918. The maximum atomic E-state index is 9.43. The van der Waals surface area contributed by atoms with Crippen LogP contribution in [0.1, 0.15) is 46.0 Å². The Morgan fingerprint density at radius 3 is 2.29 bits per heavy atom. The number of nitrogens with zero attached hydrogens (tertiary/aromatic N) is 1. The number of aliphatic hydroxyl groups is 1. The summed E-state index contributed by atoms with van der Waals surface area (Å²) in [6.07, 6.45) is 5.75. The van der Waals surface area contributed by atoms with Gasteiger partial charge in [0.25, 0.3) is 0 Å². The second-order valence-electron chi connectivity index (χ2n) is 5.53. The number of likely N-dealkylation sites (tertiary alicyclic amines) is 1. The molecule has 2 fully saturated rings. The highest BCUT2D eigenvalue weighted by atomic mass is 16.3. The smallest absolute Gasteiger partial charge is 0.0541 e. The third-order valence-corrected chi connectivity index (χ3v) is 4.21. The lowest BCUT2D eigenvalue weighted by Crippen LogP contribution is -2.58. The van der Waals surface area contributed by atoms with E-state index in [1.165, 1.54) is 32.4 Å². The first-order valence-electron chi connectivity index (χ1n) is 6.05. The molecule has 0 unspecified atom stereocenters. The molecule has 1 saturated carbocycles. The summed E-state index contributed by atoms with van der Waals surface area (Å²) in [4.78, 5) is 2.62. The van der Waals surface area contributed by atoms with Gasteiger partial charge in [-0.05, 0) is 37.5 Å². The van der Waals surface area contributed by atoms with Gasteiger partial charge in [0.05, 0.1) is 6.10 Å². The van der Waals surface area contributed by atoms with E-state index in [0.717, 1.165) is 18.9 Å². The minimum Gasteiger partial charge on any atom is -0.393 e. The van der Waals surface area contributed by atoms with E-state index < -0.39 is 0 Å². The standard InChI is InChI=1S/C12H23NO/c1-3-12(2)8-13(9-12)10-4-6-11(14)7-5-10/h10-11,14H,3-9H2,1-2H3. The third-order valence-electron chi connectivity index (χ3n) is 4.21. The lowest BCUT2D eigenvalue weighted by atomic mass is 9.77. The first kappa shape index (κ1) is 10.4. The fourth-order valence-corrected chi connectivity index (χ4v) is 2.84. The Hall–Kier alpha value is -0.0800. The zero-order chi connectivity index (χ0) is 10.2. The molecular weight excluding hydrogens is 174 g/mol. The molecular formula is C12H23NO. The van der Waals surface area contributed by atoms with Gasteiger partial charge in [0.1, 0.15) is 0 Å². The molecule has 0 bridgehead atoms. The van der Waals surface area contributed by atoms with E-state index in [0.29, 0.717) is 5.41 Å². The molecule has 1 aliphatic carbocycles. The summed E-state index contributed by atoms with van der Waals surface area (Å²) < 4.78 is 0. The van der Waals surface area contributed by atoms with Gasteiger partial charge in [-0.25, -0.2) is 0 Å². The van der Waals surface area contributed by atoms with Gasteiger partial charge >= 0.3 is 0 Å². The Kier molecular flexibility index (Phi) is 2.85. The molecule has 0 aromatic carbocycles. The molecule has 1 N–H and O–H groups in total. The van der Waals surface area contributed by atoms with Crippen molar-refractivity contribution in [1.82, 2.24) is 4.90 Å². The lowest BCUT2D eigenvalue weighted by molar-refractivity contribution is -0.0428. The Bertz CT molecular complexity index is 190. The quantitative estimate of drug-likeness (QED) is 0.732. The number of hydrogen-bond donors (Lipinski definition) is 1. The van der Waals surface area contributed by atoms with Crippen molar-refractivity contribution < 1.29 is 5.11 Å². The van der Waals surface area contributed by atoms with Crippen molar-refractivity contribution in [3.63, 3.8) is 0 Å². The highest BCUT2D eigenvalue weighted by Gasteiger charge is 2.40. The summed E-state index contributed by atoms with van der Waals surface area (Å²) in [7, 11) is 0. The van der Waals surface area contributed by atoms with Crippen molar-refractivity contribution in [2.75, 3.05) is 13.1 Å². The van der Waals surface area contributed by atoms with Gasteiger partial charge in [-0.2, -0.15) is 0 Å². The van der Waals surface area contributed by atoms with Crippen LogP contribution in [0.25, 0.3) is 0 Å². The second-order valence-corrected chi connectivity index (χ2v) is 5.53. The van der Waals surface area contributed by atoms with E-state index in [1.807, 2.05) is 0 Å². The zero-order valence-corrected chi connectivity index (χ0v) is 9.50. The van der Waals surface area contributed by atoms with Gasteiger partial charge in [-0.15, -0.1) is 0 Å². The van der Waals surface area contributed by atoms with Crippen molar-refractivity contribution in [2.24, 2.45) is 5.41 Å². The average molecular weight is 197 g/mol. The van der Waals surface area contributed by atoms with Crippen LogP contribution in [-0.4, -0.2) is 35.2 Å². The first-order chi connectivity index (χ1) is 6.63. The molecule has 14 heavy (non-hydrogen) atoms. The van der Waals surface area contributed by atoms with Gasteiger partial charge in [0.2, 0.25) is 0 Å². The van der Waals surface area contributed by atoms with E-state index in [4.69, 9.17) is 0 Å². The molecule has 2 rings (SSSR count). The van der Waals surface area contributed by atoms with E-state index in [-0.39, 0.29) is 6.10 Å². The molecule has 82 valence electrons. The largest absolute Gasteiger partial charge is 0.393 e. The highest BCUT2D eigenvalue weighted by Crippen LogP contribution is 2.37. The van der Waals surface area contributed by atoms with E-state index in [9.17, 15) is 5.11 Å². The van der Waals surface area contributed by atoms with Crippen LogP contribution in [0.15, 0.2) is 0 Å². The Morgan fingerprint density at radius 1 is 1.21 bits per heavy atom. The predicted molar refractivity (Wildman–Crippen MR) is 58.2 cm³/mol. The van der Waals surface area contributed by atoms with Crippen molar-refractivity contribution >= 4 is 0 Å². The molecule has 0 spiro atoms. The van der Waals surface area contributed by atoms with Crippen LogP contribution in [0.2, 0.25) is 0 Å². The summed E-state index contributed by atoms with van der Waals surface area (Å²) in [5.74, 6) is 0. The Balaban J connectivity index is 1.77. The maximum Gasteiger partial charge on any atom is 0.0541 e. The molecule has 0 aromatic rings. The van der Waals surface area contributed by atoms with Crippen LogP contribution in [0.3, 0.4) is 0 Å². The first-order valence-corrected chi connectivity index (χ1v) is 6.05. The highest BCUT2D eigenvalue weighted by molar-refractivity contribution is 4.94. The van der Waals surface area contributed by atoms with Crippen molar-refractivity contribution in [2.45, 2.75) is 58.1 Å². The molecule has 2 nitrogen and oxygen atoms in total. The normalized spacial score (nSPS) is 37.9. The van der Waals surface area contributed by atoms with E-state index in [1.54, 1.807) is 0 Å². The number of aliphatic hydroxyl groups excluding tert-OH is 1. The molecule has 0 radical (unpaired) electrons. The molecule has 2 aliphatic rings. The summed E-state index contributed by atoms with van der Waals surface area (Å²) >= 11 is 0. The van der Waals surface area contributed by atoms with Crippen LogP contribution in [0.5, 0.6) is 0 Å². The maximum absolute atomic E-state index is 9.43. The van der Waals surface area contributed by atoms with Gasteiger partial charge in [0.15, 0.2) is 0 Å². The molecule has 1 saturated heterocycles. The Labute approximate surface area is 87.3 Å². The van der Waals surface area contributed by atoms with Crippen LogP contribution in [0, 0.1) is 5.41 Å². The molecule has 0 amide bonds. The fourth-order valence-electron chi connectivity index (χ4n) is 2.84. The zero-order valence-electron chi connectivity index (χ0n) is 9.50. The fraction of sp³-hybridized carbons (Fsp3) is 1.00. The lowest BCUT2D eigenvalue weighted by Gasteiger charge is -2.52. The molecule has 0 aromatic heterocycles. The van der Waals surface area contributed by atoms with Crippen LogP contribution >= 0.6 is 0 Å². The number of hydrogen-bond acceptors (Lipinski definition) is 2. The number of rotatable bonds is 2. The van der Waals surface area contributed by atoms with Gasteiger partial charge in [0, 0.05) is 19.1 Å². The Morgan fingerprint density at radius 2 is 1.79 bits per heavy atom. The summed E-state index contributed by atoms with van der Waals surface area (Å²) in [6.45, 7) is 7.25. The summed E-state index contributed by atoms with van der Waals surface area (Å²) in [5, 5.41) is 9.43. The third kappa shape index (κ3) is 1.96. The SMILES string of the molecule is CCC1(C)CN(C2CCC(O)CC2)C1. The van der Waals surface area contributed by atoms with Crippen molar-refractivity contribution in [3.05, 3.63) is 0 Å². The molecule has 1 aliphatic heterocycles. The molecule has 2 heteroatoms. The van der Waals surface area contributed by atoms with Crippen LogP contribution in [-0.2, 0) is 0 Å². The topological polar surface area (TPSA) is 23.5 Å². The van der Waals surface area contributed by atoms with E-state index in [2.05, 4.69) is 18.7 Å². The van der Waals surface area contributed by atoms with Crippen LogP contribution in [0.4, 0.5) is 0 Å². The summed E-state index contributed by atoms with van der Waals surface area (Å²) in [6, 6.07) is 0.776. The summed E-state index contributed by atoms with van der Waals surface area (Å²) in [5.41, 5.74) is 0.593.